The van der Waals surface area contributed by atoms with Gasteiger partial charge in [0.1, 0.15) is 5.69 Å². The van der Waals surface area contributed by atoms with E-state index in [1.807, 2.05) is 29.2 Å². The van der Waals surface area contributed by atoms with Crippen molar-refractivity contribution in [3.63, 3.8) is 0 Å². The Morgan fingerprint density at radius 2 is 1.94 bits per heavy atom. The predicted octanol–water partition coefficient (Wildman–Crippen LogP) is 3.06. The normalized spacial score (nSPS) is 15.7. The molecule has 17 heavy (non-hydrogen) atoms. The van der Waals surface area contributed by atoms with Crippen molar-refractivity contribution in [2.24, 2.45) is 0 Å². The minimum Gasteiger partial charge on any atom is -0.349 e. The maximum absolute atomic E-state index is 12.2. The van der Waals surface area contributed by atoms with Gasteiger partial charge in [0.15, 0.2) is 0 Å². The summed E-state index contributed by atoms with van der Waals surface area (Å²) in [5.41, 5.74) is 1.44. The summed E-state index contributed by atoms with van der Waals surface area (Å²) in [5.74, 6) is 0.0173. The van der Waals surface area contributed by atoms with Gasteiger partial charge in [0.05, 0.1) is 5.02 Å². The van der Waals surface area contributed by atoms with Crippen LogP contribution < -0.4 is 0 Å². The van der Waals surface area contributed by atoms with E-state index in [2.05, 4.69) is 4.98 Å². The van der Waals surface area contributed by atoms with E-state index in [4.69, 9.17) is 11.6 Å². The molecule has 1 aromatic heterocycles. The number of likely N-dealkylation sites (tertiary alicyclic amines) is 1. The number of nitrogens with one attached hydrogen (secondary N) is 1. The van der Waals surface area contributed by atoms with Gasteiger partial charge in [0.25, 0.3) is 5.91 Å². The molecule has 0 saturated carbocycles. The number of hydrogen-bond donors (Lipinski definition) is 1. The van der Waals surface area contributed by atoms with E-state index < -0.39 is 0 Å². The molecule has 0 atom stereocenters. The molecule has 88 valence electrons. The Kier molecular flexibility index (Phi) is 2.56. The van der Waals surface area contributed by atoms with Crippen LogP contribution in [0.15, 0.2) is 24.3 Å². The van der Waals surface area contributed by atoms with Gasteiger partial charge >= 0.3 is 0 Å². The number of aromatic nitrogens is 1. The number of hydrogen-bond acceptors (Lipinski definition) is 1. The van der Waals surface area contributed by atoms with E-state index in [0.29, 0.717) is 10.7 Å². The van der Waals surface area contributed by atoms with Crippen molar-refractivity contribution in [1.82, 2.24) is 9.88 Å². The molecule has 2 heterocycles. The molecule has 4 heteroatoms. The second kappa shape index (κ2) is 4.08. The lowest BCUT2D eigenvalue weighted by molar-refractivity contribution is 0.0788. The van der Waals surface area contributed by atoms with Crippen molar-refractivity contribution in [3.05, 3.63) is 35.0 Å². The van der Waals surface area contributed by atoms with Gasteiger partial charge in [-0.1, -0.05) is 29.8 Å². The van der Waals surface area contributed by atoms with E-state index >= 15 is 0 Å². The van der Waals surface area contributed by atoms with Crippen molar-refractivity contribution < 1.29 is 4.79 Å². The summed E-state index contributed by atoms with van der Waals surface area (Å²) >= 11 is 6.25. The number of para-hydroxylation sites is 1. The molecule has 2 aromatic rings. The van der Waals surface area contributed by atoms with Gasteiger partial charge in [-0.2, -0.15) is 0 Å². The Morgan fingerprint density at radius 1 is 1.24 bits per heavy atom. The molecule has 3 rings (SSSR count). The first-order valence-corrected chi connectivity index (χ1v) is 6.20. The highest BCUT2D eigenvalue weighted by Gasteiger charge is 2.23. The third-order valence-corrected chi connectivity index (χ3v) is 3.64. The fourth-order valence-electron chi connectivity index (χ4n) is 2.33. The first kappa shape index (κ1) is 10.7. The second-order valence-corrected chi connectivity index (χ2v) is 4.74. The molecule has 1 N–H and O–H groups in total. The summed E-state index contributed by atoms with van der Waals surface area (Å²) in [4.78, 5) is 17.2. The van der Waals surface area contributed by atoms with E-state index in [1.54, 1.807) is 0 Å². The maximum atomic E-state index is 12.2. The lowest BCUT2D eigenvalue weighted by Gasteiger charge is -2.13. The molecule has 3 nitrogen and oxygen atoms in total. The summed E-state index contributed by atoms with van der Waals surface area (Å²) in [6.45, 7) is 1.68. The van der Waals surface area contributed by atoms with Crippen LogP contribution >= 0.6 is 11.6 Å². The zero-order chi connectivity index (χ0) is 11.8. The molecule has 1 saturated heterocycles. The maximum Gasteiger partial charge on any atom is 0.271 e. The summed E-state index contributed by atoms with van der Waals surface area (Å²) < 4.78 is 0. The monoisotopic (exact) mass is 248 g/mol. The Hall–Kier alpha value is -1.48. The Bertz CT molecular complexity index is 570. The highest BCUT2D eigenvalue weighted by Crippen LogP contribution is 2.28. The standard InChI is InChI=1S/C13H13ClN2O/c14-11-9-5-1-2-6-10(9)15-12(11)13(17)16-7-3-4-8-16/h1-2,5-6,15H,3-4,7-8H2. The SMILES string of the molecule is O=C(c1[nH]c2ccccc2c1Cl)N1CCCC1. The lowest BCUT2D eigenvalue weighted by atomic mass is 10.2. The van der Waals surface area contributed by atoms with Gasteiger partial charge in [-0.25, -0.2) is 0 Å². The number of H-pyrrole nitrogens is 1. The number of benzene rings is 1. The van der Waals surface area contributed by atoms with Crippen LogP contribution in [0.1, 0.15) is 23.3 Å². The molecule has 1 aliphatic heterocycles. The van der Waals surface area contributed by atoms with E-state index in [1.165, 1.54) is 0 Å². The summed E-state index contributed by atoms with van der Waals surface area (Å²) in [7, 11) is 0. The number of nitrogens with zero attached hydrogens (tertiary/aromatic N) is 1. The quantitative estimate of drug-likeness (QED) is 0.827. The number of carbonyl (C=O) groups is 1. The largest absolute Gasteiger partial charge is 0.349 e. The van der Waals surface area contributed by atoms with Crippen LogP contribution in [0, 0.1) is 0 Å². The molecule has 0 radical (unpaired) electrons. The predicted molar refractivity (Wildman–Crippen MR) is 68.4 cm³/mol. The lowest BCUT2D eigenvalue weighted by Crippen LogP contribution is -2.28. The fourth-order valence-corrected chi connectivity index (χ4v) is 2.63. The van der Waals surface area contributed by atoms with Crippen molar-refractivity contribution >= 4 is 28.4 Å². The molecule has 1 aliphatic rings. The highest BCUT2D eigenvalue weighted by molar-refractivity contribution is 6.38. The number of fused-ring (bicyclic) bond motifs is 1. The molecule has 0 aliphatic carbocycles. The van der Waals surface area contributed by atoms with Crippen LogP contribution in [-0.4, -0.2) is 28.9 Å². The van der Waals surface area contributed by atoms with Gasteiger partial charge < -0.3 is 9.88 Å². The molecule has 0 bridgehead atoms. The average Bonchev–Trinajstić information content (AvgIpc) is 2.97. The Labute approximate surface area is 104 Å². The smallest absolute Gasteiger partial charge is 0.271 e. The molecular weight excluding hydrogens is 236 g/mol. The van der Waals surface area contributed by atoms with Crippen molar-refractivity contribution in [1.29, 1.82) is 0 Å². The van der Waals surface area contributed by atoms with Gasteiger partial charge in [0, 0.05) is 24.0 Å². The van der Waals surface area contributed by atoms with Gasteiger partial charge in [-0.15, -0.1) is 0 Å². The van der Waals surface area contributed by atoms with Gasteiger partial charge in [-0.3, -0.25) is 4.79 Å². The van der Waals surface area contributed by atoms with Crippen LogP contribution in [0.3, 0.4) is 0 Å². The topological polar surface area (TPSA) is 36.1 Å². The molecular formula is C13H13ClN2O. The third kappa shape index (κ3) is 1.71. The minimum atomic E-state index is 0.0173. The first-order valence-electron chi connectivity index (χ1n) is 5.83. The van der Waals surface area contributed by atoms with Crippen LogP contribution in [-0.2, 0) is 0 Å². The van der Waals surface area contributed by atoms with E-state index in [-0.39, 0.29) is 5.91 Å². The Morgan fingerprint density at radius 3 is 2.65 bits per heavy atom. The summed E-state index contributed by atoms with van der Waals surface area (Å²) in [6.07, 6.45) is 2.17. The minimum absolute atomic E-state index is 0.0173. The van der Waals surface area contributed by atoms with Gasteiger partial charge in [-0.05, 0) is 18.9 Å². The number of rotatable bonds is 1. The van der Waals surface area contributed by atoms with Crippen LogP contribution in [0.2, 0.25) is 5.02 Å². The molecule has 1 aromatic carbocycles. The zero-order valence-electron chi connectivity index (χ0n) is 9.37. The highest BCUT2D eigenvalue weighted by atomic mass is 35.5. The number of amides is 1. The first-order chi connectivity index (χ1) is 8.27. The second-order valence-electron chi connectivity index (χ2n) is 4.36. The molecule has 1 amide bonds. The number of halogens is 1. The van der Waals surface area contributed by atoms with E-state index in [9.17, 15) is 4.79 Å². The number of carbonyl (C=O) groups excluding carboxylic acids is 1. The van der Waals surface area contributed by atoms with Crippen LogP contribution in [0.5, 0.6) is 0 Å². The van der Waals surface area contributed by atoms with Crippen LogP contribution in [0.4, 0.5) is 0 Å². The fraction of sp³-hybridized carbons (Fsp3) is 0.308. The van der Waals surface area contributed by atoms with Crippen LogP contribution in [0.25, 0.3) is 10.9 Å². The van der Waals surface area contributed by atoms with Crippen molar-refractivity contribution in [2.75, 3.05) is 13.1 Å². The third-order valence-electron chi connectivity index (χ3n) is 3.25. The average molecular weight is 249 g/mol. The number of aromatic amines is 1. The molecule has 0 spiro atoms. The molecule has 1 fully saturated rings. The zero-order valence-corrected chi connectivity index (χ0v) is 10.1. The van der Waals surface area contributed by atoms with Crippen molar-refractivity contribution in [3.8, 4) is 0 Å². The van der Waals surface area contributed by atoms with Gasteiger partial charge in [0.2, 0.25) is 0 Å². The summed E-state index contributed by atoms with van der Waals surface area (Å²) in [5, 5.41) is 1.45. The summed E-state index contributed by atoms with van der Waals surface area (Å²) in [6, 6.07) is 7.71. The van der Waals surface area contributed by atoms with E-state index in [0.717, 1.165) is 36.8 Å². The molecule has 0 unspecified atom stereocenters. The Balaban J connectivity index is 2.05. The van der Waals surface area contributed by atoms with Crippen molar-refractivity contribution in [2.45, 2.75) is 12.8 Å².